The molecule has 1 amide bonds. The molecular weight excluding hydrogens is 722 g/mol. The van der Waals surface area contributed by atoms with E-state index >= 15 is 0 Å². The van der Waals surface area contributed by atoms with Crippen molar-refractivity contribution < 1.29 is 71.1 Å². The van der Waals surface area contributed by atoms with Crippen LogP contribution in [0.15, 0.2) is 30.3 Å². The SMILES string of the molecule is O=C(NCCOCCOCCOCCOCCOCCOCCOCCOCCOCCOCCOCCOCCOCCCl)OCc1ccccc1. The van der Waals surface area contributed by atoms with E-state index in [0.717, 1.165) is 5.56 Å². The normalized spacial score (nSPS) is 11.3. The van der Waals surface area contributed by atoms with Gasteiger partial charge in [0.25, 0.3) is 0 Å². The minimum Gasteiger partial charge on any atom is -0.445 e. The van der Waals surface area contributed by atoms with Gasteiger partial charge in [0, 0.05) is 12.4 Å². The van der Waals surface area contributed by atoms with Crippen molar-refractivity contribution in [3.05, 3.63) is 35.9 Å². The number of alkyl halides is 1. The van der Waals surface area contributed by atoms with Crippen molar-refractivity contribution in [3.8, 4) is 0 Å². The molecule has 0 aliphatic carbocycles. The summed E-state index contributed by atoms with van der Waals surface area (Å²) in [5, 5.41) is 2.64. The van der Waals surface area contributed by atoms with E-state index < -0.39 is 6.09 Å². The minimum atomic E-state index is -0.471. The van der Waals surface area contributed by atoms with Gasteiger partial charge in [-0.3, -0.25) is 0 Å². The summed E-state index contributed by atoms with van der Waals surface area (Å²) in [6, 6.07) is 9.50. The molecule has 53 heavy (non-hydrogen) atoms. The van der Waals surface area contributed by atoms with Gasteiger partial charge in [-0.05, 0) is 5.56 Å². The summed E-state index contributed by atoms with van der Waals surface area (Å²) in [7, 11) is 0. The van der Waals surface area contributed by atoms with Crippen LogP contribution in [0.2, 0.25) is 0 Å². The van der Waals surface area contributed by atoms with Crippen LogP contribution in [0.1, 0.15) is 5.56 Å². The maximum atomic E-state index is 11.7. The van der Waals surface area contributed by atoms with Gasteiger partial charge < -0.3 is 71.6 Å². The van der Waals surface area contributed by atoms with Crippen molar-refractivity contribution in [1.29, 1.82) is 0 Å². The second-order valence-corrected chi connectivity index (χ2v) is 11.0. The number of ether oxygens (including phenoxy) is 14. The third-order valence-corrected chi connectivity index (χ3v) is 6.57. The smallest absolute Gasteiger partial charge is 0.407 e. The highest BCUT2D eigenvalue weighted by atomic mass is 35.5. The van der Waals surface area contributed by atoms with Gasteiger partial charge in [0.05, 0.1) is 172 Å². The quantitative estimate of drug-likeness (QED) is 0.0760. The number of benzene rings is 1. The molecule has 0 atom stereocenters. The van der Waals surface area contributed by atoms with Crippen LogP contribution in [-0.4, -0.2) is 190 Å². The summed E-state index contributed by atoms with van der Waals surface area (Å²) in [4.78, 5) is 11.7. The second-order valence-electron chi connectivity index (χ2n) is 10.6. The van der Waals surface area contributed by atoms with E-state index in [9.17, 15) is 4.79 Å². The van der Waals surface area contributed by atoms with Crippen LogP contribution < -0.4 is 5.32 Å². The molecule has 1 aromatic carbocycles. The van der Waals surface area contributed by atoms with Crippen LogP contribution >= 0.6 is 11.6 Å². The maximum Gasteiger partial charge on any atom is 0.407 e. The average Bonchev–Trinajstić information content (AvgIpc) is 3.18. The lowest BCUT2D eigenvalue weighted by molar-refractivity contribution is -0.0289. The number of carbonyl (C=O) groups is 1. The summed E-state index contributed by atoms with van der Waals surface area (Å²) in [6.45, 7) is 13.4. The van der Waals surface area contributed by atoms with Gasteiger partial charge in [-0.15, -0.1) is 11.6 Å². The Morgan fingerprint density at radius 2 is 0.660 bits per heavy atom. The van der Waals surface area contributed by atoms with E-state index in [4.69, 9.17) is 77.9 Å². The number of amides is 1. The minimum absolute atomic E-state index is 0.235. The van der Waals surface area contributed by atoms with Crippen LogP contribution in [0.4, 0.5) is 4.79 Å². The number of nitrogens with one attached hydrogen (secondary N) is 1. The summed E-state index contributed by atoms with van der Waals surface area (Å²) in [5.74, 6) is 0.492. The van der Waals surface area contributed by atoms with Gasteiger partial charge in [-0.1, -0.05) is 30.3 Å². The largest absolute Gasteiger partial charge is 0.445 e. The average molecular weight is 786 g/mol. The molecule has 1 rings (SSSR count). The Balaban J connectivity index is 1.62. The van der Waals surface area contributed by atoms with Crippen molar-refractivity contribution in [2.24, 2.45) is 0 Å². The number of halogens is 1. The fraction of sp³-hybridized carbons (Fsp3) is 0.806. The standard InChI is InChI=1S/C36H64ClNO15/c37-6-8-40-10-12-42-14-16-44-18-20-46-22-24-48-26-28-50-30-32-52-33-31-51-29-27-49-25-23-47-21-19-45-17-15-43-13-11-41-9-7-38-36(39)53-34-35-4-2-1-3-5-35/h1-5H,6-34H2,(H,38,39). The van der Waals surface area contributed by atoms with Gasteiger partial charge in [0.15, 0.2) is 0 Å². The first kappa shape index (κ1) is 49.3. The Kier molecular flexibility index (Phi) is 40.0. The number of hydrogen-bond donors (Lipinski definition) is 1. The van der Waals surface area contributed by atoms with Crippen LogP contribution in [0.5, 0.6) is 0 Å². The molecule has 0 aliphatic heterocycles. The Morgan fingerprint density at radius 1 is 0.396 bits per heavy atom. The number of rotatable bonds is 43. The highest BCUT2D eigenvalue weighted by molar-refractivity contribution is 6.17. The van der Waals surface area contributed by atoms with Crippen molar-refractivity contribution >= 4 is 17.7 Å². The molecule has 1 N–H and O–H groups in total. The molecule has 0 saturated carbocycles. The Morgan fingerprint density at radius 3 is 0.943 bits per heavy atom. The number of carbonyl (C=O) groups excluding carboxylic acids is 1. The van der Waals surface area contributed by atoms with Gasteiger partial charge in [-0.25, -0.2) is 4.79 Å². The summed E-state index contributed by atoms with van der Waals surface area (Å²) >= 11 is 5.51. The molecular formula is C36H64ClNO15. The fourth-order valence-electron chi connectivity index (χ4n) is 3.79. The topological polar surface area (TPSA) is 158 Å². The molecule has 0 fully saturated rings. The first-order valence-corrected chi connectivity index (χ1v) is 18.9. The highest BCUT2D eigenvalue weighted by Gasteiger charge is 2.02. The molecule has 0 bridgehead atoms. The summed E-state index contributed by atoms with van der Waals surface area (Å²) in [5.41, 5.74) is 0.936. The van der Waals surface area contributed by atoms with Crippen LogP contribution in [0, 0.1) is 0 Å². The predicted octanol–water partition coefficient (Wildman–Crippen LogP) is 2.37. The van der Waals surface area contributed by atoms with Gasteiger partial charge in [-0.2, -0.15) is 0 Å². The Hall–Kier alpha value is -1.74. The lowest BCUT2D eigenvalue weighted by Gasteiger charge is -2.09. The van der Waals surface area contributed by atoms with Crippen molar-refractivity contribution in [2.75, 3.05) is 184 Å². The maximum absolute atomic E-state index is 11.7. The second kappa shape index (κ2) is 43.0. The molecule has 0 saturated heterocycles. The third kappa shape index (κ3) is 39.8. The molecule has 310 valence electrons. The van der Waals surface area contributed by atoms with Gasteiger partial charge >= 0.3 is 6.09 Å². The zero-order valence-corrected chi connectivity index (χ0v) is 32.2. The van der Waals surface area contributed by atoms with Crippen molar-refractivity contribution in [1.82, 2.24) is 5.32 Å². The Bertz CT molecular complexity index is 865. The zero-order valence-electron chi connectivity index (χ0n) is 31.4. The molecule has 0 heterocycles. The monoisotopic (exact) mass is 785 g/mol. The van der Waals surface area contributed by atoms with E-state index in [1.807, 2.05) is 30.3 Å². The van der Waals surface area contributed by atoms with Crippen LogP contribution in [-0.2, 0) is 72.9 Å². The molecule has 0 radical (unpaired) electrons. The van der Waals surface area contributed by atoms with Gasteiger partial charge in [0.1, 0.15) is 6.61 Å². The van der Waals surface area contributed by atoms with Crippen LogP contribution in [0.25, 0.3) is 0 Å². The van der Waals surface area contributed by atoms with E-state index in [2.05, 4.69) is 5.32 Å². The van der Waals surface area contributed by atoms with Crippen molar-refractivity contribution in [2.45, 2.75) is 6.61 Å². The fourth-order valence-corrected chi connectivity index (χ4v) is 3.90. The third-order valence-electron chi connectivity index (χ3n) is 6.41. The lowest BCUT2D eigenvalue weighted by atomic mass is 10.2. The van der Waals surface area contributed by atoms with E-state index in [1.54, 1.807) is 0 Å². The van der Waals surface area contributed by atoms with E-state index in [-0.39, 0.29) is 6.61 Å². The van der Waals surface area contributed by atoms with Crippen LogP contribution in [0.3, 0.4) is 0 Å². The number of alkyl carbamates (subject to hydrolysis) is 1. The predicted molar refractivity (Wildman–Crippen MR) is 196 cm³/mol. The zero-order chi connectivity index (χ0) is 37.8. The van der Waals surface area contributed by atoms with Gasteiger partial charge in [0.2, 0.25) is 0 Å². The summed E-state index contributed by atoms with van der Waals surface area (Å²) in [6.07, 6.45) is -0.471. The number of hydrogen-bond acceptors (Lipinski definition) is 15. The molecule has 0 aromatic heterocycles. The highest BCUT2D eigenvalue weighted by Crippen LogP contribution is 2.00. The molecule has 0 spiro atoms. The summed E-state index contributed by atoms with van der Waals surface area (Å²) < 4.78 is 75.8. The van der Waals surface area contributed by atoms with E-state index in [0.29, 0.717) is 184 Å². The molecule has 17 heteroatoms. The molecule has 16 nitrogen and oxygen atoms in total. The molecule has 0 aliphatic rings. The molecule has 0 unspecified atom stereocenters. The van der Waals surface area contributed by atoms with Crippen molar-refractivity contribution in [3.63, 3.8) is 0 Å². The Labute approximate surface area is 320 Å². The lowest BCUT2D eigenvalue weighted by Crippen LogP contribution is -2.28. The first-order chi connectivity index (χ1) is 26.3. The molecule has 1 aromatic rings. The van der Waals surface area contributed by atoms with E-state index in [1.165, 1.54) is 0 Å². The first-order valence-electron chi connectivity index (χ1n) is 18.3.